The molecule has 34 heavy (non-hydrogen) atoms. The zero-order valence-corrected chi connectivity index (χ0v) is 19.7. The molecule has 4 rings (SSSR count). The van der Waals surface area contributed by atoms with E-state index in [1.54, 1.807) is 30.6 Å². The first-order chi connectivity index (χ1) is 16.2. The summed E-state index contributed by atoms with van der Waals surface area (Å²) in [5.41, 5.74) is 10.8. The number of nitrogens with zero attached hydrogens (tertiary/aromatic N) is 2. The lowest BCUT2D eigenvalue weighted by atomic mass is 9.87. The fourth-order valence-electron chi connectivity index (χ4n) is 4.27. The molecule has 3 heterocycles. The van der Waals surface area contributed by atoms with Crippen molar-refractivity contribution in [1.82, 2.24) is 15.0 Å². The van der Waals surface area contributed by atoms with Crippen molar-refractivity contribution in [3.05, 3.63) is 78.0 Å². The number of nitrogens with one attached hydrogen (secondary N) is 2. The average molecular weight is 460 g/mol. The molecule has 0 saturated heterocycles. The number of fused-ring (bicyclic) bond motifs is 1. The maximum absolute atomic E-state index is 13.4. The highest BCUT2D eigenvalue weighted by Crippen LogP contribution is 2.33. The van der Waals surface area contributed by atoms with Crippen LogP contribution in [0.1, 0.15) is 44.9 Å². The Morgan fingerprint density at radius 3 is 2.47 bits per heavy atom. The maximum Gasteiger partial charge on any atom is 0.227 e. The molecule has 0 aliphatic heterocycles. The van der Waals surface area contributed by atoms with Gasteiger partial charge in [-0.2, -0.15) is 0 Å². The molecule has 1 atom stereocenters. The Morgan fingerprint density at radius 2 is 1.79 bits per heavy atom. The molecule has 0 fully saturated rings. The highest BCUT2D eigenvalue weighted by atomic mass is 19.1. The van der Waals surface area contributed by atoms with E-state index in [0.717, 1.165) is 34.2 Å². The fraction of sp³-hybridized carbons (Fsp3) is 0.296. The number of halogens is 1. The van der Waals surface area contributed by atoms with E-state index < -0.39 is 0 Å². The lowest BCUT2D eigenvalue weighted by molar-refractivity contribution is -0.116. The van der Waals surface area contributed by atoms with Crippen molar-refractivity contribution in [2.75, 3.05) is 5.32 Å². The Morgan fingerprint density at radius 1 is 1.09 bits per heavy atom. The summed E-state index contributed by atoms with van der Waals surface area (Å²) in [6, 6.07) is 13.9. The first-order valence-electron chi connectivity index (χ1n) is 11.4. The van der Waals surface area contributed by atoms with Gasteiger partial charge in [-0.1, -0.05) is 32.9 Å². The van der Waals surface area contributed by atoms with E-state index in [0.29, 0.717) is 17.9 Å². The van der Waals surface area contributed by atoms with Gasteiger partial charge in [-0.25, -0.2) is 9.37 Å². The summed E-state index contributed by atoms with van der Waals surface area (Å²) in [4.78, 5) is 24.7. The third-order valence-corrected chi connectivity index (χ3v) is 5.59. The standard InChI is InChI=1S/C27H30FN5O/c1-27(2,3)16-20(29)15-24(34)32-23-9-8-21-25(18-10-12-30-13-11-18)22(31-26(21)33-23)14-17-4-6-19(28)7-5-17/h4-13,20H,14-16,29H2,1-3H3,(H2,31,32,33,34)/t20-/m1/s1. The molecular formula is C27H30FN5O. The first kappa shape index (κ1) is 23.6. The smallest absolute Gasteiger partial charge is 0.227 e. The van der Waals surface area contributed by atoms with Gasteiger partial charge < -0.3 is 16.0 Å². The Balaban J connectivity index is 1.62. The van der Waals surface area contributed by atoms with Crippen LogP contribution < -0.4 is 11.1 Å². The molecule has 0 bridgehead atoms. The Labute approximate surface area is 198 Å². The number of pyridine rings is 2. The van der Waals surface area contributed by atoms with Crippen molar-refractivity contribution in [1.29, 1.82) is 0 Å². The van der Waals surface area contributed by atoms with Gasteiger partial charge in [0.05, 0.1) is 0 Å². The van der Waals surface area contributed by atoms with Gasteiger partial charge in [0.2, 0.25) is 5.91 Å². The van der Waals surface area contributed by atoms with Gasteiger partial charge >= 0.3 is 0 Å². The third-order valence-electron chi connectivity index (χ3n) is 5.59. The second-order valence-electron chi connectivity index (χ2n) is 9.89. The molecule has 4 aromatic rings. The van der Waals surface area contributed by atoms with E-state index in [1.807, 2.05) is 18.2 Å². The van der Waals surface area contributed by atoms with Crippen LogP contribution in [0.4, 0.5) is 10.2 Å². The van der Waals surface area contributed by atoms with Crippen molar-refractivity contribution in [2.24, 2.45) is 11.1 Å². The lowest BCUT2D eigenvalue weighted by Gasteiger charge is -2.22. The van der Waals surface area contributed by atoms with Gasteiger partial charge in [-0.15, -0.1) is 0 Å². The molecule has 1 amide bonds. The predicted octanol–water partition coefficient (Wildman–Crippen LogP) is 5.45. The second-order valence-corrected chi connectivity index (χ2v) is 9.89. The largest absolute Gasteiger partial charge is 0.342 e. The SMILES string of the molecule is CC(C)(C)C[C@H](N)CC(=O)Nc1ccc2c(-c3ccncc3)c(Cc3ccc(F)cc3)[nH]c2n1. The van der Waals surface area contributed by atoms with Gasteiger partial charge in [-0.05, 0) is 59.4 Å². The number of nitrogens with two attached hydrogens (primary N) is 1. The molecule has 1 aromatic carbocycles. The van der Waals surface area contributed by atoms with Crippen LogP contribution in [0.3, 0.4) is 0 Å². The van der Waals surface area contributed by atoms with E-state index in [4.69, 9.17) is 5.73 Å². The zero-order chi connectivity index (χ0) is 24.3. The number of amides is 1. The number of aromatic amines is 1. The molecule has 0 saturated carbocycles. The maximum atomic E-state index is 13.4. The van der Waals surface area contributed by atoms with Crippen molar-refractivity contribution in [3.8, 4) is 11.1 Å². The van der Waals surface area contributed by atoms with Crippen LogP contribution >= 0.6 is 0 Å². The molecule has 0 aliphatic carbocycles. The molecule has 0 spiro atoms. The summed E-state index contributed by atoms with van der Waals surface area (Å²) in [5.74, 6) is 0.0476. The summed E-state index contributed by atoms with van der Waals surface area (Å²) in [6.07, 6.45) is 5.07. The molecule has 0 aliphatic rings. The van der Waals surface area contributed by atoms with Crippen LogP contribution in [0.15, 0.2) is 60.9 Å². The Kier molecular flexibility index (Phi) is 6.75. The minimum absolute atomic E-state index is 0.0609. The number of carbonyl (C=O) groups is 1. The third kappa shape index (κ3) is 5.85. The van der Waals surface area contributed by atoms with Gasteiger partial charge in [-0.3, -0.25) is 9.78 Å². The van der Waals surface area contributed by atoms with Crippen molar-refractivity contribution in [3.63, 3.8) is 0 Å². The fourth-order valence-corrected chi connectivity index (χ4v) is 4.27. The van der Waals surface area contributed by atoms with Crippen molar-refractivity contribution >= 4 is 22.8 Å². The van der Waals surface area contributed by atoms with E-state index in [1.165, 1.54) is 12.1 Å². The number of rotatable bonds is 7. The van der Waals surface area contributed by atoms with Crippen LogP contribution in [0.5, 0.6) is 0 Å². The molecule has 3 aromatic heterocycles. The molecular weight excluding hydrogens is 429 g/mol. The van der Waals surface area contributed by atoms with Crippen LogP contribution in [0, 0.1) is 11.2 Å². The average Bonchev–Trinajstić information content (AvgIpc) is 3.11. The normalized spacial score (nSPS) is 12.6. The minimum atomic E-state index is -0.265. The van der Waals surface area contributed by atoms with E-state index in [-0.39, 0.29) is 29.6 Å². The van der Waals surface area contributed by atoms with Crippen LogP contribution in [0.25, 0.3) is 22.2 Å². The summed E-state index contributed by atoms with van der Waals surface area (Å²) in [5, 5.41) is 3.81. The molecule has 4 N–H and O–H groups in total. The number of benzene rings is 1. The summed E-state index contributed by atoms with van der Waals surface area (Å²) < 4.78 is 13.4. The summed E-state index contributed by atoms with van der Waals surface area (Å²) >= 11 is 0. The van der Waals surface area contributed by atoms with E-state index in [2.05, 4.69) is 41.0 Å². The van der Waals surface area contributed by atoms with Gasteiger partial charge in [0.15, 0.2) is 0 Å². The van der Waals surface area contributed by atoms with Gasteiger partial charge in [0.1, 0.15) is 17.3 Å². The summed E-state index contributed by atoms with van der Waals surface area (Å²) in [6.45, 7) is 6.32. The van der Waals surface area contributed by atoms with Crippen LogP contribution in [0.2, 0.25) is 0 Å². The quantitative estimate of drug-likeness (QED) is 0.342. The number of H-pyrrole nitrogens is 1. The lowest BCUT2D eigenvalue weighted by Crippen LogP contribution is -2.31. The van der Waals surface area contributed by atoms with Gasteiger partial charge in [0.25, 0.3) is 0 Å². The highest BCUT2D eigenvalue weighted by Gasteiger charge is 2.19. The van der Waals surface area contributed by atoms with Crippen molar-refractivity contribution in [2.45, 2.75) is 46.1 Å². The Bertz CT molecular complexity index is 1280. The highest BCUT2D eigenvalue weighted by molar-refractivity contribution is 5.98. The zero-order valence-electron chi connectivity index (χ0n) is 19.7. The van der Waals surface area contributed by atoms with Crippen LogP contribution in [-0.4, -0.2) is 26.9 Å². The monoisotopic (exact) mass is 459 g/mol. The Hall–Kier alpha value is -3.58. The number of hydrogen-bond donors (Lipinski definition) is 3. The number of hydrogen-bond acceptors (Lipinski definition) is 4. The molecule has 0 unspecified atom stereocenters. The predicted molar refractivity (Wildman–Crippen MR) is 134 cm³/mol. The molecule has 176 valence electrons. The molecule has 6 nitrogen and oxygen atoms in total. The number of aromatic nitrogens is 3. The van der Waals surface area contributed by atoms with E-state index >= 15 is 0 Å². The van der Waals surface area contributed by atoms with Crippen LogP contribution in [-0.2, 0) is 11.2 Å². The first-order valence-corrected chi connectivity index (χ1v) is 11.4. The topological polar surface area (TPSA) is 96.7 Å². The molecule has 7 heteroatoms. The number of anilines is 1. The second kappa shape index (κ2) is 9.73. The van der Waals surface area contributed by atoms with E-state index in [9.17, 15) is 9.18 Å². The minimum Gasteiger partial charge on any atom is -0.342 e. The molecule has 0 radical (unpaired) electrons. The number of carbonyl (C=O) groups excluding carboxylic acids is 1. The van der Waals surface area contributed by atoms with Crippen molar-refractivity contribution < 1.29 is 9.18 Å². The van der Waals surface area contributed by atoms with Gasteiger partial charge in [0, 0.05) is 47.9 Å². The summed E-state index contributed by atoms with van der Waals surface area (Å²) in [7, 11) is 0.